The number of fused-ring (bicyclic) bond motifs is 1. The fourth-order valence-electron chi connectivity index (χ4n) is 2.57. The molecule has 2 aromatic rings. The molecule has 0 spiro atoms. The van der Waals surface area contributed by atoms with E-state index in [4.69, 9.17) is 11.6 Å². The SMILES string of the molecule is O=C(NC1CCc2cc(Cl)ccc21)c1cccc[n+]1[O-]. The molecule has 3 rings (SSSR count). The number of amides is 1. The molecule has 1 amide bonds. The molecular weight excluding hydrogens is 276 g/mol. The first kappa shape index (κ1) is 12.9. The zero-order valence-electron chi connectivity index (χ0n) is 10.7. The topological polar surface area (TPSA) is 56.0 Å². The smallest absolute Gasteiger partial charge is 0.317 e. The third kappa shape index (κ3) is 2.34. The van der Waals surface area contributed by atoms with Gasteiger partial charge in [-0.3, -0.25) is 4.79 Å². The Hall–Kier alpha value is -2.07. The van der Waals surface area contributed by atoms with Gasteiger partial charge in [0.05, 0.1) is 6.04 Å². The zero-order chi connectivity index (χ0) is 14.1. The standard InChI is InChI=1S/C15H13ClN2O2/c16-11-5-6-12-10(9-11)4-7-13(12)17-15(19)14-3-1-2-8-18(14)20/h1-3,5-6,8-9,13H,4,7H2,(H,17,19). The van der Waals surface area contributed by atoms with Crippen LogP contribution in [-0.2, 0) is 6.42 Å². The van der Waals surface area contributed by atoms with E-state index in [0.717, 1.165) is 24.0 Å². The van der Waals surface area contributed by atoms with Crippen molar-refractivity contribution in [1.82, 2.24) is 5.32 Å². The highest BCUT2D eigenvalue weighted by molar-refractivity contribution is 6.30. The summed E-state index contributed by atoms with van der Waals surface area (Å²) in [4.78, 5) is 12.1. The summed E-state index contributed by atoms with van der Waals surface area (Å²) in [5.41, 5.74) is 2.34. The first-order valence-electron chi connectivity index (χ1n) is 6.42. The second kappa shape index (κ2) is 5.13. The van der Waals surface area contributed by atoms with Crippen LogP contribution in [-0.4, -0.2) is 5.91 Å². The molecule has 1 aliphatic carbocycles. The zero-order valence-corrected chi connectivity index (χ0v) is 11.4. The first-order valence-corrected chi connectivity index (χ1v) is 6.80. The van der Waals surface area contributed by atoms with Gasteiger partial charge in [0.2, 0.25) is 0 Å². The maximum absolute atomic E-state index is 12.1. The van der Waals surface area contributed by atoms with Crippen LogP contribution < -0.4 is 10.0 Å². The minimum atomic E-state index is -0.353. The second-order valence-electron chi connectivity index (χ2n) is 4.82. The number of nitrogens with zero attached hydrogens (tertiary/aromatic N) is 1. The summed E-state index contributed by atoms with van der Waals surface area (Å²) in [5.74, 6) is -0.353. The molecule has 0 bridgehead atoms. The summed E-state index contributed by atoms with van der Waals surface area (Å²) in [7, 11) is 0. The van der Waals surface area contributed by atoms with Crippen LogP contribution in [0.3, 0.4) is 0 Å². The minimum absolute atomic E-state index is 0.0602. The summed E-state index contributed by atoms with van der Waals surface area (Å²) in [6.07, 6.45) is 3.03. The highest BCUT2D eigenvalue weighted by Gasteiger charge is 2.26. The number of aromatic nitrogens is 1. The summed E-state index contributed by atoms with van der Waals surface area (Å²) in [6.45, 7) is 0. The molecule has 1 aromatic carbocycles. The van der Waals surface area contributed by atoms with E-state index in [1.54, 1.807) is 12.1 Å². The van der Waals surface area contributed by atoms with Crippen molar-refractivity contribution in [2.45, 2.75) is 18.9 Å². The van der Waals surface area contributed by atoms with Crippen molar-refractivity contribution in [3.8, 4) is 0 Å². The fraction of sp³-hybridized carbons (Fsp3) is 0.200. The Morgan fingerprint density at radius 1 is 1.35 bits per heavy atom. The van der Waals surface area contributed by atoms with E-state index in [1.165, 1.54) is 12.3 Å². The van der Waals surface area contributed by atoms with Gasteiger partial charge < -0.3 is 10.5 Å². The number of hydrogen-bond donors (Lipinski definition) is 1. The minimum Gasteiger partial charge on any atom is -0.618 e. The van der Waals surface area contributed by atoms with Crippen molar-refractivity contribution >= 4 is 17.5 Å². The van der Waals surface area contributed by atoms with Crippen LogP contribution in [0.2, 0.25) is 5.02 Å². The Labute approximate surface area is 121 Å². The molecule has 4 nitrogen and oxygen atoms in total. The maximum Gasteiger partial charge on any atom is 0.317 e. The van der Waals surface area contributed by atoms with Gasteiger partial charge in [0, 0.05) is 17.2 Å². The number of pyridine rings is 1. The van der Waals surface area contributed by atoms with E-state index in [9.17, 15) is 10.0 Å². The van der Waals surface area contributed by atoms with Crippen molar-refractivity contribution in [2.75, 3.05) is 0 Å². The molecule has 0 radical (unpaired) electrons. The number of carbonyl (C=O) groups is 1. The first-order chi connectivity index (χ1) is 9.65. The van der Waals surface area contributed by atoms with Crippen LogP contribution in [0.1, 0.15) is 34.1 Å². The van der Waals surface area contributed by atoms with Crippen molar-refractivity contribution in [1.29, 1.82) is 0 Å². The average Bonchev–Trinajstić information content (AvgIpc) is 2.81. The molecule has 1 heterocycles. The molecule has 1 atom stereocenters. The molecular formula is C15H13ClN2O2. The lowest BCUT2D eigenvalue weighted by molar-refractivity contribution is -0.607. The van der Waals surface area contributed by atoms with E-state index in [-0.39, 0.29) is 17.6 Å². The molecule has 0 saturated carbocycles. The molecule has 1 N–H and O–H groups in total. The second-order valence-corrected chi connectivity index (χ2v) is 5.26. The average molecular weight is 289 g/mol. The lowest BCUT2D eigenvalue weighted by atomic mass is 10.1. The number of hydrogen-bond acceptors (Lipinski definition) is 2. The normalized spacial score (nSPS) is 16.8. The molecule has 1 unspecified atom stereocenters. The summed E-state index contributed by atoms with van der Waals surface area (Å²) in [5, 5.41) is 15.2. The van der Waals surface area contributed by atoms with Crippen LogP contribution in [0.25, 0.3) is 0 Å². The van der Waals surface area contributed by atoms with Crippen molar-refractivity contribution < 1.29 is 9.52 Å². The summed E-state index contributed by atoms with van der Waals surface area (Å²) in [6, 6.07) is 10.4. The number of nitrogens with one attached hydrogen (secondary N) is 1. The van der Waals surface area contributed by atoms with Gasteiger partial charge >= 0.3 is 5.91 Å². The molecule has 0 fully saturated rings. The van der Waals surface area contributed by atoms with Gasteiger partial charge in [0.1, 0.15) is 0 Å². The van der Waals surface area contributed by atoms with Crippen molar-refractivity contribution in [2.24, 2.45) is 0 Å². The van der Waals surface area contributed by atoms with Crippen molar-refractivity contribution in [3.05, 3.63) is 69.6 Å². The monoisotopic (exact) mass is 288 g/mol. The lowest BCUT2D eigenvalue weighted by Crippen LogP contribution is -2.39. The molecule has 0 aliphatic heterocycles. The van der Waals surface area contributed by atoms with E-state index >= 15 is 0 Å². The van der Waals surface area contributed by atoms with Gasteiger partial charge in [-0.05, 0) is 42.2 Å². The van der Waals surface area contributed by atoms with E-state index in [2.05, 4.69) is 5.32 Å². The largest absolute Gasteiger partial charge is 0.618 e. The van der Waals surface area contributed by atoms with E-state index in [0.29, 0.717) is 9.75 Å². The van der Waals surface area contributed by atoms with Gasteiger partial charge in [-0.2, -0.15) is 4.73 Å². The predicted octanol–water partition coefficient (Wildman–Crippen LogP) is 2.39. The molecule has 1 aromatic heterocycles. The molecule has 1 aliphatic rings. The number of aryl methyl sites for hydroxylation is 1. The fourth-order valence-corrected chi connectivity index (χ4v) is 2.77. The van der Waals surface area contributed by atoms with Gasteiger partial charge in [-0.15, -0.1) is 0 Å². The third-order valence-electron chi connectivity index (χ3n) is 3.54. The van der Waals surface area contributed by atoms with E-state index < -0.39 is 0 Å². The Balaban J connectivity index is 1.81. The van der Waals surface area contributed by atoms with Crippen LogP contribution >= 0.6 is 11.6 Å². The Morgan fingerprint density at radius 3 is 3.00 bits per heavy atom. The van der Waals surface area contributed by atoms with Crippen LogP contribution in [0, 0.1) is 5.21 Å². The number of rotatable bonds is 2. The quantitative estimate of drug-likeness (QED) is 0.681. The summed E-state index contributed by atoms with van der Waals surface area (Å²) < 4.78 is 0.576. The number of halogens is 1. The lowest BCUT2D eigenvalue weighted by Gasteiger charge is -2.13. The van der Waals surface area contributed by atoms with Crippen LogP contribution in [0.15, 0.2) is 42.6 Å². The summed E-state index contributed by atoms with van der Waals surface area (Å²) >= 11 is 5.96. The third-order valence-corrected chi connectivity index (χ3v) is 3.78. The molecule has 5 heteroatoms. The van der Waals surface area contributed by atoms with Crippen LogP contribution in [0.4, 0.5) is 0 Å². The molecule has 0 saturated heterocycles. The number of carbonyl (C=O) groups excluding carboxylic acids is 1. The van der Waals surface area contributed by atoms with Crippen molar-refractivity contribution in [3.63, 3.8) is 0 Å². The Bertz CT molecular complexity index is 673. The highest BCUT2D eigenvalue weighted by atomic mass is 35.5. The molecule has 20 heavy (non-hydrogen) atoms. The van der Waals surface area contributed by atoms with Crippen LogP contribution in [0.5, 0.6) is 0 Å². The maximum atomic E-state index is 12.1. The Morgan fingerprint density at radius 2 is 2.20 bits per heavy atom. The predicted molar refractivity (Wildman–Crippen MR) is 75.4 cm³/mol. The molecule has 102 valence electrons. The highest BCUT2D eigenvalue weighted by Crippen LogP contribution is 2.32. The van der Waals surface area contributed by atoms with Gasteiger partial charge in [-0.25, -0.2) is 0 Å². The Kier molecular flexibility index (Phi) is 3.32. The van der Waals surface area contributed by atoms with Gasteiger partial charge in [0.25, 0.3) is 5.69 Å². The van der Waals surface area contributed by atoms with E-state index in [1.807, 2.05) is 18.2 Å². The van der Waals surface area contributed by atoms with Gasteiger partial charge in [0.15, 0.2) is 6.20 Å². The van der Waals surface area contributed by atoms with Gasteiger partial charge in [-0.1, -0.05) is 17.7 Å². The number of benzene rings is 1.